The normalized spacial score (nSPS) is 23.1. The van der Waals surface area contributed by atoms with Crippen LogP contribution in [0.5, 0.6) is 0 Å². The van der Waals surface area contributed by atoms with Crippen molar-refractivity contribution in [1.29, 1.82) is 0 Å². The van der Waals surface area contributed by atoms with Gasteiger partial charge >= 0.3 is 5.97 Å². The molecule has 1 fully saturated rings. The molecule has 0 bridgehead atoms. The molecule has 2 heterocycles. The first kappa shape index (κ1) is 12.5. The molecule has 0 saturated carbocycles. The molecule has 0 spiro atoms. The molecule has 18 heavy (non-hydrogen) atoms. The summed E-state index contributed by atoms with van der Waals surface area (Å²) < 4.78 is 6.08. The Kier molecular flexibility index (Phi) is 3.54. The molecule has 2 atom stereocenters. The van der Waals surface area contributed by atoms with E-state index in [1.165, 1.54) is 18.1 Å². The summed E-state index contributed by atoms with van der Waals surface area (Å²) in [5.74, 6) is -0.496. The average molecular weight is 253 g/mol. The molecular weight excluding hydrogens is 238 g/mol. The molecule has 1 amide bonds. The number of aromatic nitrogens is 4. The first-order chi connectivity index (χ1) is 8.61. The van der Waals surface area contributed by atoms with Crippen LogP contribution in [0.25, 0.3) is 0 Å². The van der Waals surface area contributed by atoms with Gasteiger partial charge in [-0.1, -0.05) is 6.92 Å². The molecule has 8 heteroatoms. The number of carbonyl (C=O) groups excluding carboxylic acids is 2. The fraction of sp³-hybridized carbons (Fsp3) is 0.700. The molecule has 2 unspecified atom stereocenters. The third kappa shape index (κ3) is 2.47. The van der Waals surface area contributed by atoms with E-state index in [2.05, 4.69) is 15.5 Å². The zero-order valence-electron chi connectivity index (χ0n) is 10.3. The number of likely N-dealkylation sites (tertiary alicyclic amines) is 1. The van der Waals surface area contributed by atoms with E-state index < -0.39 is 0 Å². The molecule has 1 aliphatic heterocycles. The van der Waals surface area contributed by atoms with Crippen molar-refractivity contribution < 1.29 is 14.3 Å². The number of ether oxygens (including phenoxy) is 1. The first-order valence-electron chi connectivity index (χ1n) is 5.68. The summed E-state index contributed by atoms with van der Waals surface area (Å²) in [5.41, 5.74) is 0. The lowest BCUT2D eigenvalue weighted by Gasteiger charge is -2.15. The maximum Gasteiger partial charge on any atom is 0.310 e. The van der Waals surface area contributed by atoms with E-state index in [-0.39, 0.29) is 30.3 Å². The minimum absolute atomic E-state index is 0.0909. The van der Waals surface area contributed by atoms with E-state index in [9.17, 15) is 9.59 Å². The zero-order valence-corrected chi connectivity index (χ0v) is 10.3. The number of carbonyl (C=O) groups is 2. The number of methoxy groups -OCH3 is 1. The molecule has 1 saturated heterocycles. The predicted molar refractivity (Wildman–Crippen MR) is 59.1 cm³/mol. The molecule has 1 aliphatic rings. The Bertz CT molecular complexity index is 433. The molecule has 0 aliphatic carbocycles. The summed E-state index contributed by atoms with van der Waals surface area (Å²) in [6.07, 6.45) is 1.38. The second kappa shape index (κ2) is 5.11. The van der Waals surface area contributed by atoms with Crippen molar-refractivity contribution in [2.75, 3.05) is 20.2 Å². The van der Waals surface area contributed by atoms with Crippen molar-refractivity contribution in [2.45, 2.75) is 13.5 Å². The van der Waals surface area contributed by atoms with Crippen LogP contribution in [-0.4, -0.2) is 57.2 Å². The van der Waals surface area contributed by atoms with E-state index in [4.69, 9.17) is 4.74 Å². The first-order valence-corrected chi connectivity index (χ1v) is 5.68. The van der Waals surface area contributed by atoms with Crippen LogP contribution in [0.2, 0.25) is 0 Å². The molecule has 98 valence electrons. The van der Waals surface area contributed by atoms with Crippen molar-refractivity contribution in [3.8, 4) is 0 Å². The second-order valence-electron chi connectivity index (χ2n) is 4.41. The molecule has 1 aromatic heterocycles. The quantitative estimate of drug-likeness (QED) is 0.638. The molecular formula is C10H15N5O3. The highest BCUT2D eigenvalue weighted by molar-refractivity contribution is 5.79. The smallest absolute Gasteiger partial charge is 0.310 e. The van der Waals surface area contributed by atoms with Crippen LogP contribution in [0.15, 0.2) is 6.33 Å². The minimum atomic E-state index is -0.264. The SMILES string of the molecule is COC(=O)C1CN(C(=O)Cn2cnnn2)CC1C. The van der Waals surface area contributed by atoms with Gasteiger partial charge < -0.3 is 9.64 Å². The summed E-state index contributed by atoms with van der Waals surface area (Å²) in [6.45, 7) is 2.98. The summed E-state index contributed by atoms with van der Waals surface area (Å²) in [5, 5.41) is 10.6. The van der Waals surface area contributed by atoms with Gasteiger partial charge in [-0.3, -0.25) is 9.59 Å². The Labute approximate surface area is 104 Å². The van der Waals surface area contributed by atoms with Crippen molar-refractivity contribution in [2.24, 2.45) is 11.8 Å². The van der Waals surface area contributed by atoms with Crippen molar-refractivity contribution in [3.05, 3.63) is 6.33 Å². The maximum absolute atomic E-state index is 12.0. The van der Waals surface area contributed by atoms with Gasteiger partial charge in [-0.2, -0.15) is 0 Å². The fourth-order valence-corrected chi connectivity index (χ4v) is 2.12. The Morgan fingerprint density at radius 2 is 2.22 bits per heavy atom. The Hall–Kier alpha value is -1.99. The van der Waals surface area contributed by atoms with Crippen LogP contribution >= 0.6 is 0 Å². The van der Waals surface area contributed by atoms with Crippen LogP contribution in [0.1, 0.15) is 6.92 Å². The van der Waals surface area contributed by atoms with Crippen molar-refractivity contribution in [3.63, 3.8) is 0 Å². The van der Waals surface area contributed by atoms with Crippen LogP contribution < -0.4 is 0 Å². The predicted octanol–water partition coefficient (Wildman–Crippen LogP) is -1.06. The lowest BCUT2D eigenvalue weighted by atomic mass is 9.99. The molecule has 0 N–H and O–H groups in total. The van der Waals surface area contributed by atoms with Gasteiger partial charge in [0.1, 0.15) is 12.9 Å². The van der Waals surface area contributed by atoms with Gasteiger partial charge in [0.05, 0.1) is 13.0 Å². The van der Waals surface area contributed by atoms with E-state index in [1.54, 1.807) is 4.90 Å². The van der Waals surface area contributed by atoms with Crippen molar-refractivity contribution >= 4 is 11.9 Å². The summed E-state index contributed by atoms with van der Waals surface area (Å²) in [4.78, 5) is 25.1. The highest BCUT2D eigenvalue weighted by atomic mass is 16.5. The summed E-state index contributed by atoms with van der Waals surface area (Å²) in [6, 6.07) is 0. The van der Waals surface area contributed by atoms with Gasteiger partial charge in [-0.25, -0.2) is 4.68 Å². The molecule has 8 nitrogen and oxygen atoms in total. The van der Waals surface area contributed by atoms with Gasteiger partial charge in [0.2, 0.25) is 5.91 Å². The summed E-state index contributed by atoms with van der Waals surface area (Å²) in [7, 11) is 1.36. The van der Waals surface area contributed by atoms with E-state index in [0.29, 0.717) is 13.1 Å². The third-order valence-corrected chi connectivity index (χ3v) is 3.16. The third-order valence-electron chi connectivity index (χ3n) is 3.16. The maximum atomic E-state index is 12.0. The number of amides is 1. The highest BCUT2D eigenvalue weighted by Gasteiger charge is 2.37. The highest BCUT2D eigenvalue weighted by Crippen LogP contribution is 2.24. The number of rotatable bonds is 3. The van der Waals surface area contributed by atoms with Crippen molar-refractivity contribution in [1.82, 2.24) is 25.1 Å². The van der Waals surface area contributed by atoms with Crippen LogP contribution in [0.4, 0.5) is 0 Å². The molecule has 0 aromatic carbocycles. The summed E-state index contributed by atoms with van der Waals surface area (Å²) >= 11 is 0. The van der Waals surface area contributed by atoms with Gasteiger partial charge in [-0.15, -0.1) is 5.10 Å². The number of hydrogen-bond donors (Lipinski definition) is 0. The van der Waals surface area contributed by atoms with Gasteiger partial charge in [0, 0.05) is 13.1 Å². The number of tetrazole rings is 1. The monoisotopic (exact) mass is 253 g/mol. The zero-order chi connectivity index (χ0) is 13.1. The lowest BCUT2D eigenvalue weighted by Crippen LogP contribution is -2.33. The number of nitrogens with zero attached hydrogens (tertiary/aromatic N) is 5. The van der Waals surface area contributed by atoms with Crippen LogP contribution in [0.3, 0.4) is 0 Å². The molecule has 2 rings (SSSR count). The van der Waals surface area contributed by atoms with Gasteiger partial charge in [0.15, 0.2) is 0 Å². The Balaban J connectivity index is 1.95. The van der Waals surface area contributed by atoms with E-state index >= 15 is 0 Å². The topological polar surface area (TPSA) is 90.2 Å². The minimum Gasteiger partial charge on any atom is -0.469 e. The number of esters is 1. The van der Waals surface area contributed by atoms with Crippen LogP contribution in [-0.2, 0) is 20.9 Å². The average Bonchev–Trinajstić information content (AvgIpc) is 2.97. The largest absolute Gasteiger partial charge is 0.469 e. The van der Waals surface area contributed by atoms with E-state index in [0.717, 1.165) is 0 Å². The van der Waals surface area contributed by atoms with Gasteiger partial charge in [-0.05, 0) is 16.3 Å². The lowest BCUT2D eigenvalue weighted by molar-refractivity contribution is -0.146. The van der Waals surface area contributed by atoms with Crippen LogP contribution in [0, 0.1) is 11.8 Å². The molecule has 1 aromatic rings. The Morgan fingerprint density at radius 1 is 1.44 bits per heavy atom. The number of hydrogen-bond acceptors (Lipinski definition) is 6. The van der Waals surface area contributed by atoms with E-state index in [1.807, 2.05) is 6.92 Å². The Morgan fingerprint density at radius 3 is 2.83 bits per heavy atom. The van der Waals surface area contributed by atoms with Gasteiger partial charge in [0.25, 0.3) is 0 Å². The standard InChI is InChI=1S/C10H15N5O3/c1-7-3-14(4-8(7)10(17)18-2)9(16)5-15-6-11-12-13-15/h6-8H,3-5H2,1-2H3. The second-order valence-corrected chi connectivity index (χ2v) is 4.41. The fourth-order valence-electron chi connectivity index (χ4n) is 2.12. The molecule has 0 radical (unpaired) electrons.